The van der Waals surface area contributed by atoms with Gasteiger partial charge < -0.3 is 19.7 Å². The number of aliphatic hydroxyl groups excluding tert-OH is 2. The molecule has 0 saturated heterocycles. The maximum Gasteiger partial charge on any atom is 0.335 e. The van der Waals surface area contributed by atoms with E-state index < -0.39 is 25.2 Å². The maximum absolute atomic E-state index is 12.1. The summed E-state index contributed by atoms with van der Waals surface area (Å²) in [6, 6.07) is 6.47. The van der Waals surface area contributed by atoms with Gasteiger partial charge in [-0.25, -0.2) is 9.59 Å². The first kappa shape index (κ1) is 32.8. The second-order valence-corrected chi connectivity index (χ2v) is 11.9. The van der Waals surface area contributed by atoms with E-state index in [1.807, 2.05) is 0 Å². The van der Waals surface area contributed by atoms with Crippen LogP contribution in [0.4, 0.5) is 0 Å². The Morgan fingerprint density at radius 3 is 2.29 bits per heavy atom. The summed E-state index contributed by atoms with van der Waals surface area (Å²) in [6.45, 7) is 8.58. The van der Waals surface area contributed by atoms with Gasteiger partial charge in [-0.3, -0.25) is 0 Å². The van der Waals surface area contributed by atoms with Crippen molar-refractivity contribution in [2.45, 2.75) is 89.9 Å². The molecule has 41 heavy (non-hydrogen) atoms. The Hall–Kier alpha value is -2.70. The highest BCUT2D eigenvalue weighted by atomic mass is 16.5. The van der Waals surface area contributed by atoms with Crippen LogP contribution in [0.5, 0.6) is 0 Å². The van der Waals surface area contributed by atoms with Crippen LogP contribution in [0.1, 0.15) is 93.7 Å². The second-order valence-electron chi connectivity index (χ2n) is 11.9. The van der Waals surface area contributed by atoms with E-state index in [9.17, 15) is 14.7 Å². The molecule has 2 unspecified atom stereocenters. The van der Waals surface area contributed by atoms with E-state index in [-0.39, 0.29) is 30.3 Å². The van der Waals surface area contributed by atoms with Gasteiger partial charge in [0, 0.05) is 5.92 Å². The zero-order valence-corrected chi connectivity index (χ0v) is 25.0. The molecule has 2 aliphatic rings. The summed E-state index contributed by atoms with van der Waals surface area (Å²) in [6.07, 6.45) is 19.5. The summed E-state index contributed by atoms with van der Waals surface area (Å²) in [5.41, 5.74) is 3.71. The van der Waals surface area contributed by atoms with Gasteiger partial charge in [0.05, 0.1) is 37.6 Å². The van der Waals surface area contributed by atoms with Gasteiger partial charge in [0.25, 0.3) is 0 Å². The van der Waals surface area contributed by atoms with Gasteiger partial charge in [0.1, 0.15) is 0 Å². The van der Waals surface area contributed by atoms with Crippen LogP contribution in [0.25, 0.3) is 0 Å². The first-order valence-corrected chi connectivity index (χ1v) is 15.6. The van der Waals surface area contributed by atoms with Crippen molar-refractivity contribution in [1.82, 2.24) is 0 Å². The number of benzene rings is 1. The van der Waals surface area contributed by atoms with Crippen LogP contribution >= 0.6 is 0 Å². The van der Waals surface area contributed by atoms with Crippen molar-refractivity contribution >= 4 is 11.9 Å². The molecule has 6 nitrogen and oxygen atoms in total. The number of allylic oxidation sites excluding steroid dienone is 2. The molecule has 1 fully saturated rings. The molecule has 0 radical (unpaired) electrons. The van der Waals surface area contributed by atoms with Crippen molar-refractivity contribution in [3.8, 4) is 0 Å². The summed E-state index contributed by atoms with van der Waals surface area (Å²) < 4.78 is 10.7. The van der Waals surface area contributed by atoms with E-state index in [0.29, 0.717) is 12.3 Å². The highest BCUT2D eigenvalue weighted by Crippen LogP contribution is 2.35. The second kappa shape index (κ2) is 17.3. The van der Waals surface area contributed by atoms with Gasteiger partial charge in [0.2, 0.25) is 0 Å². The molecule has 3 rings (SSSR count). The topological polar surface area (TPSA) is 93.1 Å². The molecule has 1 aromatic carbocycles. The molecular formula is C35H50O6. The van der Waals surface area contributed by atoms with Crippen LogP contribution in [0.2, 0.25) is 0 Å². The van der Waals surface area contributed by atoms with E-state index in [1.54, 1.807) is 0 Å². The molecule has 6 heteroatoms. The molecule has 0 heterocycles. The van der Waals surface area contributed by atoms with Crippen molar-refractivity contribution in [1.29, 1.82) is 0 Å². The number of unbranched alkanes of at least 4 members (excludes halogenated alkanes) is 2. The summed E-state index contributed by atoms with van der Waals surface area (Å²) in [5.74, 6) is 0.767. The van der Waals surface area contributed by atoms with Crippen LogP contribution in [-0.2, 0) is 31.9 Å². The number of esters is 2. The summed E-state index contributed by atoms with van der Waals surface area (Å²) in [4.78, 5) is 24.0. The molecule has 1 aromatic rings. The van der Waals surface area contributed by atoms with Crippen LogP contribution in [-0.4, -0.2) is 48.6 Å². The summed E-state index contributed by atoms with van der Waals surface area (Å²) in [5, 5.41) is 18.3. The number of rotatable bonds is 16. The van der Waals surface area contributed by atoms with E-state index in [1.165, 1.54) is 62.5 Å². The zero-order chi connectivity index (χ0) is 29.6. The fourth-order valence-electron chi connectivity index (χ4n) is 6.04. The largest absolute Gasteiger partial charge is 0.462 e. The normalized spacial score (nSPS) is 21.2. The molecular weight excluding hydrogens is 516 g/mol. The summed E-state index contributed by atoms with van der Waals surface area (Å²) in [7, 11) is 0. The van der Waals surface area contributed by atoms with Gasteiger partial charge >= 0.3 is 11.9 Å². The molecule has 0 amide bonds. The third-order valence-corrected chi connectivity index (χ3v) is 8.81. The number of carbonyl (C=O) groups excluding carboxylic acids is 2. The van der Waals surface area contributed by atoms with Gasteiger partial charge in [-0.2, -0.15) is 0 Å². The van der Waals surface area contributed by atoms with Crippen LogP contribution < -0.4 is 0 Å². The number of carbonyl (C=O) groups is 2. The van der Waals surface area contributed by atoms with E-state index in [2.05, 4.69) is 50.4 Å². The minimum atomic E-state index is -0.638. The lowest BCUT2D eigenvalue weighted by Crippen LogP contribution is -2.19. The average molecular weight is 567 g/mol. The molecule has 0 aromatic heterocycles. The maximum atomic E-state index is 12.1. The first-order chi connectivity index (χ1) is 19.8. The van der Waals surface area contributed by atoms with Gasteiger partial charge in [0.15, 0.2) is 0 Å². The highest BCUT2D eigenvalue weighted by molar-refractivity contribution is 5.88. The third kappa shape index (κ3) is 10.6. The summed E-state index contributed by atoms with van der Waals surface area (Å²) >= 11 is 0. The molecule has 226 valence electrons. The van der Waals surface area contributed by atoms with Crippen LogP contribution in [0, 0.1) is 17.8 Å². The zero-order valence-electron chi connectivity index (χ0n) is 25.0. The Kier molecular flexibility index (Phi) is 13.8. The minimum Gasteiger partial charge on any atom is -0.462 e. The Balaban J connectivity index is 1.57. The monoisotopic (exact) mass is 566 g/mol. The van der Waals surface area contributed by atoms with E-state index in [0.717, 1.165) is 36.7 Å². The quantitative estimate of drug-likeness (QED) is 0.104. The molecule has 0 spiro atoms. The average Bonchev–Trinajstić information content (AvgIpc) is 3.00. The highest BCUT2D eigenvalue weighted by Gasteiger charge is 2.23. The Labute approximate surface area is 246 Å². The molecule has 2 aliphatic carbocycles. The number of ether oxygens (including phenoxy) is 2. The predicted molar refractivity (Wildman–Crippen MR) is 162 cm³/mol. The van der Waals surface area contributed by atoms with E-state index in [4.69, 9.17) is 14.6 Å². The lowest BCUT2D eigenvalue weighted by molar-refractivity contribution is -0.142. The Morgan fingerprint density at radius 1 is 0.927 bits per heavy atom. The van der Waals surface area contributed by atoms with Crippen molar-refractivity contribution in [3.63, 3.8) is 0 Å². The fraction of sp³-hybridized carbons (Fsp3) is 0.600. The molecule has 0 aliphatic heterocycles. The van der Waals surface area contributed by atoms with E-state index >= 15 is 0 Å². The predicted octanol–water partition coefficient (Wildman–Crippen LogP) is 6.39. The first-order valence-electron chi connectivity index (χ1n) is 15.6. The number of hydrogen-bond acceptors (Lipinski definition) is 6. The van der Waals surface area contributed by atoms with Crippen LogP contribution in [0.15, 0.2) is 54.7 Å². The van der Waals surface area contributed by atoms with Crippen molar-refractivity contribution < 1.29 is 29.3 Å². The van der Waals surface area contributed by atoms with Crippen molar-refractivity contribution in [2.75, 3.05) is 26.4 Å². The lowest BCUT2D eigenvalue weighted by atomic mass is 9.78. The number of fused-ring (bicyclic) bond motifs is 1. The van der Waals surface area contributed by atoms with Crippen molar-refractivity contribution in [3.05, 3.63) is 71.3 Å². The standard InChI is InChI=1S/C35H50O6/c1-4-5-6-7-27-8-10-28(11-9-27)12-13-29-14-15-31-21-32(17-16-30(31)20-29)33(24-41-35(39)26(3)23-37)18-19-40-34(38)25(2)22-36/h12-13,16-17,21,27-29,33,36-37H,2-11,14-15,18-20,22-24H2,1H3/b13-12+. The van der Waals surface area contributed by atoms with Gasteiger partial charge in [-0.05, 0) is 85.8 Å². The molecule has 2 N–H and O–H groups in total. The molecule has 0 bridgehead atoms. The third-order valence-electron chi connectivity index (χ3n) is 8.81. The molecule has 2 atom stereocenters. The van der Waals surface area contributed by atoms with Crippen LogP contribution in [0.3, 0.4) is 0 Å². The number of aliphatic hydroxyl groups is 2. The van der Waals surface area contributed by atoms with Gasteiger partial charge in [-0.1, -0.05) is 76.1 Å². The minimum absolute atomic E-state index is 0.000280. The number of hydrogen-bond donors (Lipinski definition) is 2. The smallest absolute Gasteiger partial charge is 0.335 e. The Morgan fingerprint density at radius 2 is 1.61 bits per heavy atom. The Bertz CT molecular complexity index is 1050. The van der Waals surface area contributed by atoms with Crippen molar-refractivity contribution in [2.24, 2.45) is 17.8 Å². The van der Waals surface area contributed by atoms with Gasteiger partial charge in [-0.15, -0.1) is 0 Å². The number of aryl methyl sites for hydroxylation is 1. The lowest BCUT2D eigenvalue weighted by Gasteiger charge is -2.28. The molecule has 1 saturated carbocycles. The fourth-order valence-corrected chi connectivity index (χ4v) is 6.04. The SMILES string of the molecule is C=C(CO)C(=O)OCCC(COC(=O)C(=C)CO)c1ccc2c(c1)CCC(/C=C/C1CCC(CCCCC)CC1)C2.